The molecule has 0 aliphatic carbocycles. The maximum absolute atomic E-state index is 12.2. The molecule has 0 radical (unpaired) electrons. The van der Waals surface area contributed by atoms with Crippen LogP contribution >= 0.6 is 11.6 Å². The number of aryl methyl sites for hydroxylation is 2. The van der Waals surface area contributed by atoms with Crippen LogP contribution in [0.4, 0.5) is 0 Å². The summed E-state index contributed by atoms with van der Waals surface area (Å²) in [5.74, 6) is -0.345. The van der Waals surface area contributed by atoms with Gasteiger partial charge < -0.3 is 15.0 Å². The highest BCUT2D eigenvalue weighted by atomic mass is 35.5. The van der Waals surface area contributed by atoms with Crippen LogP contribution in [0.2, 0.25) is 5.02 Å². The smallest absolute Gasteiger partial charge is 0.273 e. The van der Waals surface area contributed by atoms with Crippen molar-refractivity contribution in [3.63, 3.8) is 0 Å². The Hall–Kier alpha value is -2.86. The lowest BCUT2D eigenvalue weighted by molar-refractivity contribution is -0.114. The fraction of sp³-hybridized carbons (Fsp3) is 0.286. The summed E-state index contributed by atoms with van der Waals surface area (Å²) in [6.07, 6.45) is 0. The molecule has 0 heterocycles. The van der Waals surface area contributed by atoms with Gasteiger partial charge in [0.05, 0.1) is 5.71 Å². The van der Waals surface area contributed by atoms with Gasteiger partial charge >= 0.3 is 0 Å². The van der Waals surface area contributed by atoms with Crippen LogP contribution in [-0.2, 0) is 21.1 Å². The summed E-state index contributed by atoms with van der Waals surface area (Å²) < 4.78 is 0. The Bertz CT molecular complexity index is 903. The predicted molar refractivity (Wildman–Crippen MR) is 112 cm³/mol. The van der Waals surface area contributed by atoms with Gasteiger partial charge in [0.15, 0.2) is 5.71 Å². The number of nitrogens with zero attached hydrogens (tertiary/aromatic N) is 2. The first-order valence-electron chi connectivity index (χ1n) is 8.73. The molecular weight excluding hydrogens is 378 g/mol. The molecule has 6 nitrogen and oxygen atoms in total. The van der Waals surface area contributed by atoms with Gasteiger partial charge in [0.25, 0.3) is 5.91 Å². The number of carbonyl (C=O) groups excluding carboxylic acids is 1. The quantitative estimate of drug-likeness (QED) is 0.563. The molecule has 0 fully saturated rings. The lowest BCUT2D eigenvalue weighted by Crippen LogP contribution is -2.29. The van der Waals surface area contributed by atoms with Crippen molar-refractivity contribution < 1.29 is 14.5 Å². The lowest BCUT2D eigenvalue weighted by Gasteiger charge is -2.13. The number of hydrogen-bond acceptors (Lipinski definition) is 5. The van der Waals surface area contributed by atoms with Crippen molar-refractivity contribution in [3.05, 3.63) is 69.2 Å². The Morgan fingerprint density at radius 2 is 1.93 bits per heavy atom. The number of amides is 1. The molecule has 0 aromatic heterocycles. The summed E-state index contributed by atoms with van der Waals surface area (Å²) in [4.78, 5) is 22.6. The number of rotatable bonds is 7. The number of nitrogens with one attached hydrogen (secondary N) is 1. The van der Waals surface area contributed by atoms with Gasteiger partial charge in [0.2, 0.25) is 0 Å². The van der Waals surface area contributed by atoms with Crippen LogP contribution in [0.15, 0.2) is 46.7 Å². The van der Waals surface area contributed by atoms with Gasteiger partial charge in [-0.3, -0.25) is 4.79 Å². The molecule has 148 valence electrons. The Morgan fingerprint density at radius 3 is 2.57 bits per heavy atom. The van der Waals surface area contributed by atoms with E-state index in [0.29, 0.717) is 16.3 Å². The van der Waals surface area contributed by atoms with Crippen LogP contribution < -0.4 is 5.32 Å². The van der Waals surface area contributed by atoms with Gasteiger partial charge in [-0.1, -0.05) is 40.1 Å². The summed E-state index contributed by atoms with van der Waals surface area (Å²) in [5.41, 5.74) is 5.22. The number of likely N-dealkylation sites (N-methyl/N-ethyl adjacent to an activating group) is 1. The maximum atomic E-state index is 12.2. The van der Waals surface area contributed by atoms with Gasteiger partial charge in [-0.15, -0.1) is 0 Å². The van der Waals surface area contributed by atoms with Crippen LogP contribution in [0.5, 0.6) is 0 Å². The zero-order chi connectivity index (χ0) is 20.7. The third-order valence-electron chi connectivity index (χ3n) is 4.16. The summed E-state index contributed by atoms with van der Waals surface area (Å²) >= 11 is 6.11. The minimum atomic E-state index is -0.345. The zero-order valence-electron chi connectivity index (χ0n) is 16.7. The molecule has 0 spiro atoms. The van der Waals surface area contributed by atoms with Crippen LogP contribution in [-0.4, -0.2) is 31.5 Å². The fourth-order valence-corrected chi connectivity index (χ4v) is 3.02. The molecule has 0 aliphatic heterocycles. The highest BCUT2D eigenvalue weighted by Gasteiger charge is 2.19. The molecular formula is C21H24ClN3O3. The summed E-state index contributed by atoms with van der Waals surface area (Å²) in [6.45, 7) is 5.94. The molecule has 28 heavy (non-hydrogen) atoms. The predicted octanol–water partition coefficient (Wildman–Crippen LogP) is 3.99. The standard InChI is InChI=1S/C21H24ClN3O3/c1-13-9-16(11-17(22)10-13)15(3)24-28-12-19-14(2)7-6-8-18(19)20(25-27-5)21(26)23-4/h6-11H,12H2,1-5H3,(H,23,26)/b24-15+,25-20+. The molecule has 0 bridgehead atoms. The monoisotopic (exact) mass is 401 g/mol. The minimum absolute atomic E-state index is 0.179. The van der Waals surface area contributed by atoms with Crippen molar-refractivity contribution in [3.8, 4) is 0 Å². The zero-order valence-corrected chi connectivity index (χ0v) is 17.4. The van der Waals surface area contributed by atoms with Gasteiger partial charge in [0.1, 0.15) is 13.7 Å². The van der Waals surface area contributed by atoms with E-state index in [0.717, 1.165) is 22.3 Å². The SMILES string of the molecule is CNC(=O)/C(=N/OC)c1cccc(C)c1CO/N=C(\C)c1cc(C)cc(Cl)c1. The number of benzene rings is 2. The molecule has 0 saturated carbocycles. The maximum Gasteiger partial charge on any atom is 0.273 e. The van der Waals surface area contributed by atoms with E-state index < -0.39 is 0 Å². The molecule has 0 aliphatic rings. The fourth-order valence-electron chi connectivity index (χ4n) is 2.73. The van der Waals surface area contributed by atoms with E-state index in [4.69, 9.17) is 21.3 Å². The van der Waals surface area contributed by atoms with E-state index in [9.17, 15) is 4.79 Å². The Balaban J connectivity index is 2.29. The molecule has 0 unspecified atom stereocenters. The number of hydrogen-bond donors (Lipinski definition) is 1. The first-order valence-corrected chi connectivity index (χ1v) is 9.11. The van der Waals surface area contributed by atoms with Crippen molar-refractivity contribution in [1.29, 1.82) is 0 Å². The Labute approximate surface area is 170 Å². The Morgan fingerprint density at radius 1 is 1.18 bits per heavy atom. The average molecular weight is 402 g/mol. The van der Waals surface area contributed by atoms with E-state index in [1.807, 2.05) is 51.1 Å². The molecule has 0 saturated heterocycles. The average Bonchev–Trinajstić information content (AvgIpc) is 2.66. The largest absolute Gasteiger partial charge is 0.398 e. The third kappa shape index (κ3) is 5.33. The molecule has 2 aromatic carbocycles. The number of oxime groups is 2. The third-order valence-corrected chi connectivity index (χ3v) is 4.38. The summed E-state index contributed by atoms with van der Waals surface area (Å²) in [6, 6.07) is 11.3. The molecule has 0 atom stereocenters. The topological polar surface area (TPSA) is 72.3 Å². The van der Waals surface area contributed by atoms with Crippen molar-refractivity contribution >= 4 is 28.9 Å². The highest BCUT2D eigenvalue weighted by Crippen LogP contribution is 2.19. The van der Waals surface area contributed by atoms with E-state index in [1.165, 1.54) is 7.11 Å². The van der Waals surface area contributed by atoms with Crippen molar-refractivity contribution in [2.75, 3.05) is 14.2 Å². The second-order valence-electron chi connectivity index (χ2n) is 6.27. The molecule has 1 amide bonds. The van der Waals surface area contributed by atoms with E-state index in [1.54, 1.807) is 13.1 Å². The number of halogens is 1. The minimum Gasteiger partial charge on any atom is -0.398 e. The van der Waals surface area contributed by atoms with Crippen molar-refractivity contribution in [2.45, 2.75) is 27.4 Å². The van der Waals surface area contributed by atoms with Gasteiger partial charge in [0, 0.05) is 28.8 Å². The van der Waals surface area contributed by atoms with Crippen molar-refractivity contribution in [2.24, 2.45) is 10.3 Å². The molecule has 7 heteroatoms. The lowest BCUT2D eigenvalue weighted by atomic mass is 9.98. The molecule has 2 rings (SSSR count). The second kappa shape index (κ2) is 9.90. The second-order valence-corrected chi connectivity index (χ2v) is 6.71. The molecule has 1 N–H and O–H groups in total. The first-order chi connectivity index (χ1) is 13.4. The molecule has 2 aromatic rings. The van der Waals surface area contributed by atoms with E-state index in [2.05, 4.69) is 15.6 Å². The van der Waals surface area contributed by atoms with Crippen molar-refractivity contribution in [1.82, 2.24) is 5.32 Å². The van der Waals surface area contributed by atoms with Crippen LogP contribution in [0.3, 0.4) is 0 Å². The first kappa shape index (κ1) is 21.4. The highest BCUT2D eigenvalue weighted by molar-refractivity contribution is 6.45. The van der Waals surface area contributed by atoms with Crippen LogP contribution in [0.1, 0.15) is 34.7 Å². The van der Waals surface area contributed by atoms with Crippen LogP contribution in [0.25, 0.3) is 0 Å². The Kier molecular flexibility index (Phi) is 7.58. The van der Waals surface area contributed by atoms with Gasteiger partial charge in [-0.2, -0.15) is 0 Å². The van der Waals surface area contributed by atoms with Crippen LogP contribution in [0, 0.1) is 13.8 Å². The normalized spacial score (nSPS) is 11.9. The van der Waals surface area contributed by atoms with Gasteiger partial charge in [-0.25, -0.2) is 0 Å². The van der Waals surface area contributed by atoms with Gasteiger partial charge in [-0.05, 0) is 50.1 Å². The van der Waals surface area contributed by atoms with E-state index in [-0.39, 0.29) is 18.2 Å². The number of carbonyl (C=O) groups is 1. The summed E-state index contributed by atoms with van der Waals surface area (Å²) in [7, 11) is 2.94. The van der Waals surface area contributed by atoms with E-state index >= 15 is 0 Å². The summed E-state index contributed by atoms with van der Waals surface area (Å²) in [5, 5.41) is 11.3.